The third-order valence-electron chi connectivity index (χ3n) is 1.53. The molecule has 3 nitrogen and oxygen atoms in total. The largest absolute Gasteiger partial charge is 0.0940 e. The SMILES string of the molecule is [N-]=[N+]=NCCCCCCC=CI. The molecule has 0 bridgehead atoms. The van der Waals surface area contributed by atoms with Crippen LogP contribution in [0.4, 0.5) is 0 Å². The Balaban J connectivity index is 2.95. The Bertz CT molecular complexity index is 162. The molecule has 0 saturated heterocycles. The summed E-state index contributed by atoms with van der Waals surface area (Å²) in [5.74, 6) is 0. The summed E-state index contributed by atoms with van der Waals surface area (Å²) in [6.45, 7) is 0.651. The highest BCUT2D eigenvalue weighted by molar-refractivity contribution is 14.1. The summed E-state index contributed by atoms with van der Waals surface area (Å²) in [6.07, 6.45) is 8.03. The van der Waals surface area contributed by atoms with Gasteiger partial charge in [-0.25, -0.2) is 0 Å². The van der Waals surface area contributed by atoms with Crippen molar-refractivity contribution in [3.8, 4) is 0 Å². The molecule has 0 unspecified atom stereocenters. The van der Waals surface area contributed by atoms with Crippen molar-refractivity contribution in [2.24, 2.45) is 5.11 Å². The molecule has 0 aliphatic rings. The number of nitrogens with zero attached hydrogens (tertiary/aromatic N) is 3. The van der Waals surface area contributed by atoms with Crippen molar-refractivity contribution in [2.45, 2.75) is 32.1 Å². The first-order valence-corrected chi connectivity index (χ1v) is 5.42. The van der Waals surface area contributed by atoms with Gasteiger partial charge < -0.3 is 0 Å². The quantitative estimate of drug-likeness (QED) is 0.220. The lowest BCUT2D eigenvalue weighted by atomic mass is 10.1. The molecule has 0 heterocycles. The van der Waals surface area contributed by atoms with E-state index in [1.54, 1.807) is 0 Å². The Morgan fingerprint density at radius 2 is 2.00 bits per heavy atom. The molecule has 0 radical (unpaired) electrons. The van der Waals surface area contributed by atoms with Crippen LogP contribution in [0.3, 0.4) is 0 Å². The lowest BCUT2D eigenvalue weighted by Gasteiger charge is -1.95. The van der Waals surface area contributed by atoms with Crippen molar-refractivity contribution in [3.05, 3.63) is 20.6 Å². The van der Waals surface area contributed by atoms with Crippen LogP contribution in [-0.2, 0) is 0 Å². The summed E-state index contributed by atoms with van der Waals surface area (Å²) in [5, 5.41) is 3.47. The van der Waals surface area contributed by atoms with E-state index in [-0.39, 0.29) is 0 Å². The number of hydrogen-bond acceptors (Lipinski definition) is 1. The molecule has 4 heteroatoms. The summed E-state index contributed by atoms with van der Waals surface area (Å²) in [4.78, 5) is 2.70. The van der Waals surface area contributed by atoms with E-state index >= 15 is 0 Å². The highest BCUT2D eigenvalue weighted by Gasteiger charge is 1.86. The van der Waals surface area contributed by atoms with E-state index in [1.807, 2.05) is 0 Å². The smallest absolute Gasteiger partial charge is 0.0257 e. The summed E-state index contributed by atoms with van der Waals surface area (Å²) >= 11 is 2.23. The molecule has 0 aromatic carbocycles. The van der Waals surface area contributed by atoms with Crippen molar-refractivity contribution in [1.82, 2.24) is 0 Å². The fraction of sp³-hybridized carbons (Fsp3) is 0.750. The topological polar surface area (TPSA) is 48.8 Å². The second-order valence-corrected chi connectivity index (χ2v) is 3.24. The zero-order valence-corrected chi connectivity index (χ0v) is 9.27. The Kier molecular flexibility index (Phi) is 10.6. The molecule has 0 saturated carbocycles. The number of allylic oxidation sites excluding steroid dienone is 1. The first-order valence-electron chi connectivity index (χ1n) is 4.18. The van der Waals surface area contributed by atoms with E-state index in [4.69, 9.17) is 5.53 Å². The van der Waals surface area contributed by atoms with Gasteiger partial charge in [0.05, 0.1) is 0 Å². The van der Waals surface area contributed by atoms with Crippen LogP contribution in [0.15, 0.2) is 15.3 Å². The fourth-order valence-electron chi connectivity index (χ4n) is 0.906. The van der Waals surface area contributed by atoms with Crippen molar-refractivity contribution >= 4 is 22.6 Å². The molecule has 0 spiro atoms. The van der Waals surface area contributed by atoms with Gasteiger partial charge in [0.2, 0.25) is 0 Å². The van der Waals surface area contributed by atoms with Gasteiger partial charge in [0.15, 0.2) is 0 Å². The maximum Gasteiger partial charge on any atom is 0.0257 e. The van der Waals surface area contributed by atoms with Gasteiger partial charge in [-0.05, 0) is 28.9 Å². The molecule has 68 valence electrons. The molecule has 0 amide bonds. The summed E-state index contributed by atoms with van der Waals surface area (Å²) in [6, 6.07) is 0. The van der Waals surface area contributed by atoms with Crippen LogP contribution in [0.5, 0.6) is 0 Å². The number of halogens is 1. The molecule has 0 fully saturated rings. The zero-order valence-electron chi connectivity index (χ0n) is 7.12. The lowest BCUT2D eigenvalue weighted by Crippen LogP contribution is -1.80. The van der Waals surface area contributed by atoms with Crippen LogP contribution in [-0.4, -0.2) is 6.54 Å². The van der Waals surface area contributed by atoms with Crippen LogP contribution >= 0.6 is 22.6 Å². The molecular weight excluding hydrogens is 265 g/mol. The van der Waals surface area contributed by atoms with Gasteiger partial charge in [-0.15, -0.1) is 0 Å². The van der Waals surface area contributed by atoms with Crippen LogP contribution in [0.25, 0.3) is 10.4 Å². The average molecular weight is 279 g/mol. The average Bonchev–Trinajstić information content (AvgIpc) is 2.10. The Morgan fingerprint density at radius 3 is 2.67 bits per heavy atom. The third kappa shape index (κ3) is 9.78. The lowest BCUT2D eigenvalue weighted by molar-refractivity contribution is 0.652. The van der Waals surface area contributed by atoms with E-state index in [2.05, 4.69) is 42.8 Å². The highest BCUT2D eigenvalue weighted by Crippen LogP contribution is 2.04. The van der Waals surface area contributed by atoms with Gasteiger partial charge in [-0.3, -0.25) is 0 Å². The van der Waals surface area contributed by atoms with Gasteiger partial charge in [0.25, 0.3) is 0 Å². The standard InChI is InChI=1S/C8H14IN3/c9-7-5-3-1-2-4-6-8-11-12-10/h5,7H,1-4,6,8H2. The summed E-state index contributed by atoms with van der Waals surface area (Å²) < 4.78 is 2.05. The van der Waals surface area contributed by atoms with Crippen LogP contribution < -0.4 is 0 Å². The summed E-state index contributed by atoms with van der Waals surface area (Å²) in [5.41, 5.74) is 7.99. The molecular formula is C8H14IN3. The van der Waals surface area contributed by atoms with Crippen molar-refractivity contribution < 1.29 is 0 Å². The molecule has 0 N–H and O–H groups in total. The third-order valence-corrected chi connectivity index (χ3v) is 2.04. The number of azide groups is 1. The van der Waals surface area contributed by atoms with Crippen LogP contribution in [0.2, 0.25) is 0 Å². The maximum atomic E-state index is 7.99. The molecule has 0 rings (SSSR count). The van der Waals surface area contributed by atoms with E-state index in [0.717, 1.165) is 6.42 Å². The zero-order chi connectivity index (χ0) is 9.07. The Morgan fingerprint density at radius 1 is 1.25 bits per heavy atom. The second kappa shape index (κ2) is 10.8. The number of rotatable bonds is 7. The van der Waals surface area contributed by atoms with E-state index in [0.29, 0.717) is 6.54 Å². The molecule has 0 atom stereocenters. The maximum absolute atomic E-state index is 7.99. The summed E-state index contributed by atoms with van der Waals surface area (Å²) in [7, 11) is 0. The minimum absolute atomic E-state index is 0.651. The van der Waals surface area contributed by atoms with E-state index in [1.165, 1.54) is 25.7 Å². The van der Waals surface area contributed by atoms with Crippen molar-refractivity contribution in [2.75, 3.05) is 6.54 Å². The van der Waals surface area contributed by atoms with Crippen molar-refractivity contribution in [1.29, 1.82) is 0 Å². The van der Waals surface area contributed by atoms with Crippen molar-refractivity contribution in [3.63, 3.8) is 0 Å². The van der Waals surface area contributed by atoms with E-state index in [9.17, 15) is 0 Å². The number of hydrogen-bond donors (Lipinski definition) is 0. The molecule has 0 aliphatic carbocycles. The van der Waals surface area contributed by atoms with Crippen LogP contribution in [0, 0.1) is 0 Å². The highest BCUT2D eigenvalue weighted by atomic mass is 127. The van der Waals surface area contributed by atoms with Gasteiger partial charge in [0.1, 0.15) is 0 Å². The Hall–Kier alpha value is -0.220. The predicted octanol–water partition coefficient (Wildman–Crippen LogP) is 4.20. The normalized spacial score (nSPS) is 10.1. The second-order valence-electron chi connectivity index (χ2n) is 2.52. The first-order chi connectivity index (χ1) is 5.91. The minimum Gasteiger partial charge on any atom is -0.0940 e. The van der Waals surface area contributed by atoms with Gasteiger partial charge >= 0.3 is 0 Å². The van der Waals surface area contributed by atoms with Gasteiger partial charge in [-0.1, -0.05) is 46.6 Å². The van der Waals surface area contributed by atoms with E-state index < -0.39 is 0 Å². The molecule has 0 aromatic rings. The minimum atomic E-state index is 0.651. The fourth-order valence-corrected chi connectivity index (χ4v) is 1.27. The van der Waals surface area contributed by atoms with Gasteiger partial charge in [0, 0.05) is 11.5 Å². The monoisotopic (exact) mass is 279 g/mol. The van der Waals surface area contributed by atoms with Gasteiger partial charge in [-0.2, -0.15) is 0 Å². The predicted molar refractivity (Wildman–Crippen MR) is 60.3 cm³/mol. The molecule has 0 aromatic heterocycles. The van der Waals surface area contributed by atoms with Crippen LogP contribution in [0.1, 0.15) is 32.1 Å². The number of unbranched alkanes of at least 4 members (excludes halogenated alkanes) is 4. The first kappa shape index (κ1) is 11.8. The molecule has 12 heavy (non-hydrogen) atoms. The molecule has 0 aliphatic heterocycles. The Labute approximate surface area is 87.0 Å².